The molecule has 0 atom stereocenters. The lowest BCUT2D eigenvalue weighted by Gasteiger charge is -1.99. The SMILES string of the molecule is Cc1ccc(C(=O)O)cc1N.Nc1ccccc1. The zero-order valence-corrected chi connectivity index (χ0v) is 10.1. The van der Waals surface area contributed by atoms with E-state index in [-0.39, 0.29) is 5.56 Å². The minimum atomic E-state index is -0.947. The molecule has 4 nitrogen and oxygen atoms in total. The molecule has 0 amide bonds. The minimum absolute atomic E-state index is 0.230. The molecule has 0 aliphatic carbocycles. The number of rotatable bonds is 1. The molecule has 2 aromatic carbocycles. The number of anilines is 2. The summed E-state index contributed by atoms with van der Waals surface area (Å²) in [5.41, 5.74) is 13.3. The predicted octanol–water partition coefficient (Wildman–Crippen LogP) is 2.54. The summed E-state index contributed by atoms with van der Waals surface area (Å²) in [6.07, 6.45) is 0. The number of aryl methyl sites for hydroxylation is 1. The Bertz CT molecular complexity index is 525. The van der Waals surface area contributed by atoms with Gasteiger partial charge in [0.15, 0.2) is 0 Å². The number of nitrogen functional groups attached to an aromatic ring is 2. The van der Waals surface area contributed by atoms with Gasteiger partial charge in [-0.05, 0) is 36.8 Å². The molecular weight excluding hydrogens is 228 g/mol. The van der Waals surface area contributed by atoms with Gasteiger partial charge in [0.05, 0.1) is 5.56 Å². The number of nitrogens with two attached hydrogens (primary N) is 2. The van der Waals surface area contributed by atoms with E-state index in [1.807, 2.05) is 37.3 Å². The van der Waals surface area contributed by atoms with E-state index in [0.29, 0.717) is 5.69 Å². The third kappa shape index (κ3) is 4.17. The van der Waals surface area contributed by atoms with E-state index in [2.05, 4.69) is 0 Å². The summed E-state index contributed by atoms with van der Waals surface area (Å²) >= 11 is 0. The Hall–Kier alpha value is -2.49. The molecule has 0 fully saturated rings. The second-order valence-corrected chi connectivity index (χ2v) is 3.79. The van der Waals surface area contributed by atoms with Crippen LogP contribution in [0.15, 0.2) is 48.5 Å². The van der Waals surface area contributed by atoms with Crippen LogP contribution in [0.2, 0.25) is 0 Å². The van der Waals surface area contributed by atoms with Gasteiger partial charge in [0, 0.05) is 11.4 Å². The van der Waals surface area contributed by atoms with Crippen molar-refractivity contribution >= 4 is 17.3 Å². The highest BCUT2D eigenvalue weighted by Gasteiger charge is 2.02. The maximum absolute atomic E-state index is 10.4. The number of carbonyl (C=O) groups is 1. The van der Waals surface area contributed by atoms with Crippen LogP contribution in [0.4, 0.5) is 11.4 Å². The highest BCUT2D eigenvalue weighted by Crippen LogP contribution is 2.12. The van der Waals surface area contributed by atoms with E-state index < -0.39 is 5.97 Å². The zero-order valence-electron chi connectivity index (χ0n) is 10.1. The van der Waals surface area contributed by atoms with Crippen molar-refractivity contribution in [1.29, 1.82) is 0 Å². The Morgan fingerprint density at radius 3 is 2.06 bits per heavy atom. The zero-order chi connectivity index (χ0) is 13.5. The largest absolute Gasteiger partial charge is 0.478 e. The van der Waals surface area contributed by atoms with E-state index in [0.717, 1.165) is 11.3 Å². The van der Waals surface area contributed by atoms with Crippen molar-refractivity contribution in [2.24, 2.45) is 0 Å². The lowest BCUT2D eigenvalue weighted by atomic mass is 10.1. The van der Waals surface area contributed by atoms with Crippen molar-refractivity contribution in [3.05, 3.63) is 59.7 Å². The predicted molar refractivity (Wildman–Crippen MR) is 73.4 cm³/mol. The van der Waals surface area contributed by atoms with E-state index in [1.165, 1.54) is 12.1 Å². The number of aromatic carboxylic acids is 1. The van der Waals surface area contributed by atoms with Gasteiger partial charge >= 0.3 is 5.97 Å². The molecule has 18 heavy (non-hydrogen) atoms. The van der Waals surface area contributed by atoms with Gasteiger partial charge in [0.1, 0.15) is 0 Å². The maximum Gasteiger partial charge on any atom is 0.335 e. The number of carboxylic acids is 1. The smallest absolute Gasteiger partial charge is 0.335 e. The summed E-state index contributed by atoms with van der Waals surface area (Å²) in [5.74, 6) is -0.947. The van der Waals surface area contributed by atoms with Crippen LogP contribution in [0.3, 0.4) is 0 Å². The van der Waals surface area contributed by atoms with Crippen LogP contribution in [-0.2, 0) is 0 Å². The first-order valence-corrected chi connectivity index (χ1v) is 5.40. The molecule has 0 saturated carbocycles. The molecule has 5 N–H and O–H groups in total. The number of hydrogen-bond acceptors (Lipinski definition) is 3. The Morgan fingerprint density at radius 2 is 1.67 bits per heavy atom. The monoisotopic (exact) mass is 244 g/mol. The van der Waals surface area contributed by atoms with Gasteiger partial charge in [-0.2, -0.15) is 0 Å². The molecule has 0 unspecified atom stereocenters. The number of para-hydroxylation sites is 1. The van der Waals surface area contributed by atoms with Gasteiger partial charge in [0.2, 0.25) is 0 Å². The topological polar surface area (TPSA) is 89.3 Å². The summed E-state index contributed by atoms with van der Waals surface area (Å²) in [5, 5.41) is 8.54. The van der Waals surface area contributed by atoms with Crippen LogP contribution in [0.25, 0.3) is 0 Å². The first-order valence-electron chi connectivity index (χ1n) is 5.40. The van der Waals surface area contributed by atoms with Crippen LogP contribution in [0, 0.1) is 6.92 Å². The van der Waals surface area contributed by atoms with Crippen molar-refractivity contribution in [3.8, 4) is 0 Å². The van der Waals surface area contributed by atoms with E-state index in [4.69, 9.17) is 16.6 Å². The van der Waals surface area contributed by atoms with Crippen molar-refractivity contribution in [3.63, 3.8) is 0 Å². The minimum Gasteiger partial charge on any atom is -0.478 e. The normalized spacial score (nSPS) is 9.17. The molecule has 4 heteroatoms. The standard InChI is InChI=1S/C8H9NO2.C6H7N/c1-5-2-3-6(8(10)11)4-7(5)9;7-6-4-2-1-3-5-6/h2-4H,9H2,1H3,(H,10,11);1-5H,7H2. The average molecular weight is 244 g/mol. The number of hydrogen-bond donors (Lipinski definition) is 3. The second-order valence-electron chi connectivity index (χ2n) is 3.79. The fourth-order valence-corrected chi connectivity index (χ4v) is 1.23. The molecule has 0 aliphatic heterocycles. The van der Waals surface area contributed by atoms with Crippen molar-refractivity contribution in [2.75, 3.05) is 11.5 Å². The number of benzene rings is 2. The fourth-order valence-electron chi connectivity index (χ4n) is 1.23. The third-order valence-electron chi connectivity index (χ3n) is 2.33. The second kappa shape index (κ2) is 6.30. The Kier molecular flexibility index (Phi) is 4.75. The fraction of sp³-hybridized carbons (Fsp3) is 0.0714. The van der Waals surface area contributed by atoms with Gasteiger partial charge < -0.3 is 16.6 Å². The average Bonchev–Trinajstić information content (AvgIpc) is 2.34. The van der Waals surface area contributed by atoms with Crippen LogP contribution in [0.1, 0.15) is 15.9 Å². The molecule has 0 bridgehead atoms. The van der Waals surface area contributed by atoms with E-state index in [1.54, 1.807) is 6.07 Å². The van der Waals surface area contributed by atoms with Crippen LogP contribution in [-0.4, -0.2) is 11.1 Å². The molecule has 0 aromatic heterocycles. The Balaban J connectivity index is 0.000000199. The molecule has 0 spiro atoms. The van der Waals surface area contributed by atoms with Crippen molar-refractivity contribution < 1.29 is 9.90 Å². The van der Waals surface area contributed by atoms with Gasteiger partial charge in [-0.15, -0.1) is 0 Å². The molecule has 0 saturated heterocycles. The van der Waals surface area contributed by atoms with Crippen LogP contribution < -0.4 is 11.5 Å². The van der Waals surface area contributed by atoms with Crippen molar-refractivity contribution in [2.45, 2.75) is 6.92 Å². The van der Waals surface area contributed by atoms with Crippen LogP contribution >= 0.6 is 0 Å². The lowest BCUT2D eigenvalue weighted by Crippen LogP contribution is -1.98. The third-order valence-corrected chi connectivity index (χ3v) is 2.33. The molecule has 94 valence electrons. The summed E-state index contributed by atoms with van der Waals surface area (Å²) in [4.78, 5) is 10.4. The molecule has 2 aromatic rings. The quantitative estimate of drug-likeness (QED) is 0.672. The van der Waals surface area contributed by atoms with E-state index in [9.17, 15) is 4.79 Å². The molecule has 0 aliphatic rings. The highest BCUT2D eigenvalue weighted by atomic mass is 16.4. The first-order chi connectivity index (χ1) is 8.50. The summed E-state index contributed by atoms with van der Waals surface area (Å²) < 4.78 is 0. The Morgan fingerprint density at radius 1 is 1.06 bits per heavy atom. The van der Waals surface area contributed by atoms with Crippen molar-refractivity contribution in [1.82, 2.24) is 0 Å². The van der Waals surface area contributed by atoms with Gasteiger partial charge in [-0.3, -0.25) is 0 Å². The van der Waals surface area contributed by atoms with Gasteiger partial charge in [0.25, 0.3) is 0 Å². The van der Waals surface area contributed by atoms with E-state index >= 15 is 0 Å². The molecule has 0 radical (unpaired) electrons. The molecule has 0 heterocycles. The van der Waals surface area contributed by atoms with Gasteiger partial charge in [-0.25, -0.2) is 4.79 Å². The summed E-state index contributed by atoms with van der Waals surface area (Å²) in [6.45, 7) is 1.83. The summed E-state index contributed by atoms with van der Waals surface area (Å²) in [6, 6.07) is 14.2. The van der Waals surface area contributed by atoms with Gasteiger partial charge in [-0.1, -0.05) is 24.3 Å². The number of carboxylic acid groups (broad SMARTS) is 1. The lowest BCUT2D eigenvalue weighted by molar-refractivity contribution is 0.0697. The van der Waals surface area contributed by atoms with Crippen LogP contribution in [0.5, 0.6) is 0 Å². The Labute approximate surface area is 106 Å². The maximum atomic E-state index is 10.4. The molecule has 2 rings (SSSR count). The molecular formula is C14H16N2O2. The summed E-state index contributed by atoms with van der Waals surface area (Å²) in [7, 11) is 0. The highest BCUT2D eigenvalue weighted by molar-refractivity contribution is 5.88. The first kappa shape index (κ1) is 13.6.